The summed E-state index contributed by atoms with van der Waals surface area (Å²) in [6, 6.07) is 8.92. The molecule has 0 bridgehead atoms. The summed E-state index contributed by atoms with van der Waals surface area (Å²) in [4.78, 5) is 25.2. The smallest absolute Gasteiger partial charge is 0.337 e. The largest absolute Gasteiger partial charge is 0.466 e. The van der Waals surface area contributed by atoms with Crippen LogP contribution in [0.15, 0.2) is 63.5 Å². The lowest BCUT2D eigenvalue weighted by atomic mass is 10.1. The number of esters is 1. The number of β-amino-alcohol motifs (C(OH)–C–C–N with tert-alkyl or cyclic N) is 1. The lowest BCUT2D eigenvalue weighted by molar-refractivity contribution is -0.136. The zero-order chi connectivity index (χ0) is 26.7. The van der Waals surface area contributed by atoms with Gasteiger partial charge in [-0.1, -0.05) is 30.4 Å². The van der Waals surface area contributed by atoms with E-state index in [1.165, 1.54) is 41.3 Å². The number of aliphatic hydroxyl groups excluding tert-OH is 1. The van der Waals surface area contributed by atoms with Crippen LogP contribution in [0.1, 0.15) is 11.1 Å². The Bertz CT molecular complexity index is 1460. The minimum absolute atomic E-state index is 0.0123. The van der Waals surface area contributed by atoms with Gasteiger partial charge in [-0.3, -0.25) is 13.9 Å². The topological polar surface area (TPSA) is 188 Å². The molecule has 0 aliphatic carbocycles. The summed E-state index contributed by atoms with van der Waals surface area (Å²) in [7, 11) is -7.95. The summed E-state index contributed by atoms with van der Waals surface area (Å²) in [6.45, 7) is -0.480. The number of nitrogens with one attached hydrogen (secondary N) is 1. The second-order valence-corrected chi connectivity index (χ2v) is 10.3. The van der Waals surface area contributed by atoms with E-state index in [9.17, 15) is 31.0 Å². The molecule has 1 amide bonds. The predicted molar refractivity (Wildman–Crippen MR) is 128 cm³/mol. The number of rotatable bonds is 9. The highest BCUT2D eigenvalue weighted by atomic mass is 32.2. The Morgan fingerprint density at radius 1 is 1.06 bits per heavy atom. The van der Waals surface area contributed by atoms with Crippen molar-refractivity contribution >= 4 is 50.0 Å². The van der Waals surface area contributed by atoms with Crippen molar-refractivity contribution in [3.63, 3.8) is 0 Å². The number of ether oxygens (including phenoxy) is 1. The standard InChI is InChI=1S/C22H22N2O10S2/c1-34-22(27)18-13-24(10-11-25)21(26)20(18)23-16-7-6-15(19(12-16)36(31,32)33)5-2-14-3-8-17(9-4-14)35(28,29)30/h2-9,12,23,25H,10-11,13H2,1H3,(H,28,29,30)(H,31,32,33). The minimum atomic E-state index is -4.73. The zero-order valence-corrected chi connectivity index (χ0v) is 20.4. The van der Waals surface area contributed by atoms with Gasteiger partial charge in [0.1, 0.15) is 10.6 Å². The Balaban J connectivity index is 1.95. The SMILES string of the molecule is COC(=O)C1=C(Nc2ccc(C=Cc3ccc(S(=O)(=O)O)cc3)c(S(=O)(=O)O)c2)C(=O)N(CCO)C1. The zero-order valence-electron chi connectivity index (χ0n) is 18.8. The molecular weight excluding hydrogens is 516 g/mol. The first-order valence-corrected chi connectivity index (χ1v) is 13.1. The molecule has 0 spiro atoms. The van der Waals surface area contributed by atoms with Gasteiger partial charge in [-0.25, -0.2) is 4.79 Å². The number of carbonyl (C=O) groups is 2. The number of amides is 1. The fraction of sp³-hybridized carbons (Fsp3) is 0.182. The molecule has 0 unspecified atom stereocenters. The molecule has 12 nitrogen and oxygen atoms in total. The van der Waals surface area contributed by atoms with Crippen molar-refractivity contribution in [2.75, 3.05) is 32.1 Å². The number of aliphatic hydroxyl groups is 1. The second-order valence-electron chi connectivity index (χ2n) is 7.53. The number of carbonyl (C=O) groups excluding carboxylic acids is 2. The van der Waals surface area contributed by atoms with Crippen molar-refractivity contribution in [1.82, 2.24) is 4.90 Å². The molecule has 4 N–H and O–H groups in total. The van der Waals surface area contributed by atoms with Crippen LogP contribution < -0.4 is 5.32 Å². The molecule has 0 saturated carbocycles. The van der Waals surface area contributed by atoms with E-state index in [2.05, 4.69) is 5.32 Å². The van der Waals surface area contributed by atoms with Gasteiger partial charge in [0.15, 0.2) is 0 Å². The first-order valence-electron chi connectivity index (χ1n) is 10.2. The molecule has 0 saturated heterocycles. The highest BCUT2D eigenvalue weighted by Crippen LogP contribution is 2.27. The Labute approximate surface area is 207 Å². The number of hydrogen-bond donors (Lipinski definition) is 4. The van der Waals surface area contributed by atoms with Gasteiger partial charge in [-0.15, -0.1) is 0 Å². The maximum atomic E-state index is 12.7. The fourth-order valence-corrected chi connectivity index (χ4v) is 4.59. The molecule has 1 aliphatic rings. The first-order chi connectivity index (χ1) is 16.8. The van der Waals surface area contributed by atoms with Crippen molar-refractivity contribution in [2.24, 2.45) is 0 Å². The lowest BCUT2D eigenvalue weighted by Crippen LogP contribution is -2.31. The molecule has 0 aromatic heterocycles. The van der Waals surface area contributed by atoms with E-state index >= 15 is 0 Å². The van der Waals surface area contributed by atoms with Crippen LogP contribution in [0.3, 0.4) is 0 Å². The molecule has 0 atom stereocenters. The molecule has 192 valence electrons. The summed E-state index contributed by atoms with van der Waals surface area (Å²) >= 11 is 0. The summed E-state index contributed by atoms with van der Waals surface area (Å²) < 4.78 is 69.9. The molecular formula is C22H22N2O10S2. The third-order valence-electron chi connectivity index (χ3n) is 5.15. The highest BCUT2D eigenvalue weighted by molar-refractivity contribution is 7.86. The Morgan fingerprint density at radius 2 is 1.72 bits per heavy atom. The first kappa shape index (κ1) is 27.0. The molecule has 0 fully saturated rings. The van der Waals surface area contributed by atoms with E-state index in [-0.39, 0.29) is 47.1 Å². The van der Waals surface area contributed by atoms with Gasteiger partial charge >= 0.3 is 5.97 Å². The minimum Gasteiger partial charge on any atom is -0.466 e. The van der Waals surface area contributed by atoms with Gasteiger partial charge in [-0.2, -0.15) is 16.8 Å². The van der Waals surface area contributed by atoms with Crippen LogP contribution in [0.4, 0.5) is 5.69 Å². The van der Waals surface area contributed by atoms with E-state index in [1.807, 2.05) is 0 Å². The fourth-order valence-electron chi connectivity index (χ4n) is 3.40. The molecule has 14 heteroatoms. The van der Waals surface area contributed by atoms with Crippen LogP contribution >= 0.6 is 0 Å². The van der Waals surface area contributed by atoms with Gasteiger partial charge in [0, 0.05) is 12.2 Å². The van der Waals surface area contributed by atoms with Gasteiger partial charge in [-0.05, 0) is 35.4 Å². The van der Waals surface area contributed by atoms with Crippen molar-refractivity contribution in [2.45, 2.75) is 9.79 Å². The molecule has 1 heterocycles. The van der Waals surface area contributed by atoms with Crippen LogP contribution in [0, 0.1) is 0 Å². The van der Waals surface area contributed by atoms with E-state index in [4.69, 9.17) is 14.4 Å². The third kappa shape index (κ3) is 6.16. The molecule has 2 aromatic carbocycles. The highest BCUT2D eigenvalue weighted by Gasteiger charge is 2.34. The summed E-state index contributed by atoms with van der Waals surface area (Å²) in [5, 5.41) is 11.9. The average Bonchev–Trinajstić information content (AvgIpc) is 3.12. The van der Waals surface area contributed by atoms with Crippen LogP contribution in [0.5, 0.6) is 0 Å². The van der Waals surface area contributed by atoms with Gasteiger partial charge in [0.25, 0.3) is 26.1 Å². The number of benzene rings is 2. The van der Waals surface area contributed by atoms with Crippen LogP contribution in [0.25, 0.3) is 12.2 Å². The Hall–Kier alpha value is -3.56. The van der Waals surface area contributed by atoms with E-state index < -0.39 is 37.0 Å². The Kier molecular flexibility index (Phi) is 7.96. The second kappa shape index (κ2) is 10.6. The number of methoxy groups -OCH3 is 1. The monoisotopic (exact) mass is 538 g/mol. The van der Waals surface area contributed by atoms with Gasteiger partial charge in [0.2, 0.25) is 0 Å². The lowest BCUT2D eigenvalue weighted by Gasteiger charge is -2.15. The average molecular weight is 539 g/mol. The quantitative estimate of drug-likeness (QED) is 0.203. The summed E-state index contributed by atoms with van der Waals surface area (Å²) in [5.74, 6) is -1.38. The normalized spacial score (nSPS) is 14.6. The molecule has 36 heavy (non-hydrogen) atoms. The Morgan fingerprint density at radius 3 is 2.28 bits per heavy atom. The number of anilines is 1. The summed E-state index contributed by atoms with van der Waals surface area (Å²) in [6.07, 6.45) is 2.81. The third-order valence-corrected chi connectivity index (χ3v) is 6.92. The van der Waals surface area contributed by atoms with E-state index in [0.29, 0.717) is 5.56 Å². The molecule has 0 radical (unpaired) electrons. The number of nitrogens with zero attached hydrogens (tertiary/aromatic N) is 1. The molecule has 3 rings (SSSR count). The van der Waals surface area contributed by atoms with Crippen molar-refractivity contribution in [3.8, 4) is 0 Å². The molecule has 2 aromatic rings. The van der Waals surface area contributed by atoms with Gasteiger partial charge in [0.05, 0.1) is 30.7 Å². The van der Waals surface area contributed by atoms with Crippen LogP contribution in [0.2, 0.25) is 0 Å². The molecule has 1 aliphatic heterocycles. The number of hydrogen-bond acceptors (Lipinski definition) is 9. The predicted octanol–water partition coefficient (Wildman–Crippen LogP) is 1.02. The van der Waals surface area contributed by atoms with Gasteiger partial charge < -0.3 is 20.1 Å². The maximum absolute atomic E-state index is 12.7. The van der Waals surface area contributed by atoms with Crippen LogP contribution in [-0.4, -0.2) is 74.6 Å². The van der Waals surface area contributed by atoms with Crippen molar-refractivity contribution in [1.29, 1.82) is 0 Å². The van der Waals surface area contributed by atoms with E-state index in [1.54, 1.807) is 0 Å². The van der Waals surface area contributed by atoms with Crippen LogP contribution in [-0.2, 0) is 34.6 Å². The van der Waals surface area contributed by atoms with Crippen molar-refractivity contribution < 1.29 is 45.4 Å². The summed E-state index contributed by atoms with van der Waals surface area (Å²) in [5.41, 5.74) is 0.455. The van der Waals surface area contributed by atoms with Crippen molar-refractivity contribution in [3.05, 3.63) is 64.9 Å². The van der Waals surface area contributed by atoms with E-state index in [0.717, 1.165) is 25.3 Å². The maximum Gasteiger partial charge on any atom is 0.337 e.